The Balaban J connectivity index is 2.02. The highest BCUT2D eigenvalue weighted by Crippen LogP contribution is 2.19. The monoisotopic (exact) mass is 337 g/mol. The van der Waals surface area contributed by atoms with Crippen LogP contribution in [0.5, 0.6) is 5.75 Å². The Hall–Kier alpha value is -1.88. The molecule has 0 bridgehead atoms. The average Bonchev–Trinajstić information content (AvgIpc) is 2.48. The fourth-order valence-electron chi connectivity index (χ4n) is 1.65. The highest BCUT2D eigenvalue weighted by molar-refractivity contribution is 9.10. The lowest BCUT2D eigenvalue weighted by molar-refractivity contribution is 0.306. The van der Waals surface area contributed by atoms with E-state index in [2.05, 4.69) is 21.1 Å². The van der Waals surface area contributed by atoms with Crippen LogP contribution in [0, 0.1) is 5.82 Å². The largest absolute Gasteiger partial charge is 0.489 e. The molecule has 5 heteroatoms. The number of nitrogens with zero attached hydrogens (tertiary/aromatic N) is 1. The molecule has 0 radical (unpaired) electrons. The maximum atomic E-state index is 13.1. The standard InChI is InChI=1S/C15H13BrFNO2/c1-10(18-19)12-3-5-13(6-4-12)20-9-11-2-7-15(17)14(16)8-11/h2-8,19H,9H2,1H3. The Morgan fingerprint density at radius 1 is 1.25 bits per heavy atom. The maximum absolute atomic E-state index is 13.1. The Bertz CT molecular complexity index is 626. The maximum Gasteiger partial charge on any atom is 0.137 e. The molecule has 0 aromatic heterocycles. The molecule has 0 aliphatic rings. The first-order chi connectivity index (χ1) is 9.60. The lowest BCUT2D eigenvalue weighted by atomic mass is 10.1. The fraction of sp³-hybridized carbons (Fsp3) is 0.133. The third-order valence-electron chi connectivity index (χ3n) is 2.81. The average molecular weight is 338 g/mol. The van der Waals surface area contributed by atoms with Crippen molar-refractivity contribution in [1.29, 1.82) is 0 Å². The van der Waals surface area contributed by atoms with Crippen molar-refractivity contribution in [2.24, 2.45) is 5.16 Å². The molecule has 2 aromatic rings. The van der Waals surface area contributed by atoms with E-state index in [0.717, 1.165) is 11.1 Å². The molecule has 0 heterocycles. The summed E-state index contributed by atoms with van der Waals surface area (Å²) in [5.41, 5.74) is 2.24. The van der Waals surface area contributed by atoms with Gasteiger partial charge in [0, 0.05) is 0 Å². The number of oxime groups is 1. The lowest BCUT2D eigenvalue weighted by Crippen LogP contribution is -1.98. The molecule has 2 aromatic carbocycles. The van der Waals surface area contributed by atoms with E-state index in [-0.39, 0.29) is 5.82 Å². The van der Waals surface area contributed by atoms with Crippen molar-refractivity contribution in [1.82, 2.24) is 0 Å². The first kappa shape index (κ1) is 14.5. The number of rotatable bonds is 4. The second kappa shape index (κ2) is 6.52. The second-order valence-corrected chi connectivity index (χ2v) is 5.10. The van der Waals surface area contributed by atoms with Crippen LogP contribution in [0.2, 0.25) is 0 Å². The van der Waals surface area contributed by atoms with Crippen molar-refractivity contribution in [3.8, 4) is 5.75 Å². The SMILES string of the molecule is CC(=NO)c1ccc(OCc2ccc(F)c(Br)c2)cc1. The summed E-state index contributed by atoms with van der Waals surface area (Å²) in [6.45, 7) is 2.07. The summed E-state index contributed by atoms with van der Waals surface area (Å²) in [5, 5.41) is 11.8. The van der Waals surface area contributed by atoms with Gasteiger partial charge in [0.05, 0.1) is 10.2 Å². The summed E-state index contributed by atoms with van der Waals surface area (Å²) in [7, 11) is 0. The highest BCUT2D eigenvalue weighted by atomic mass is 79.9. The van der Waals surface area contributed by atoms with Gasteiger partial charge < -0.3 is 9.94 Å². The van der Waals surface area contributed by atoms with Gasteiger partial charge in [-0.05, 0) is 70.4 Å². The first-order valence-electron chi connectivity index (χ1n) is 5.96. The van der Waals surface area contributed by atoms with Crippen molar-refractivity contribution in [2.75, 3.05) is 0 Å². The van der Waals surface area contributed by atoms with Crippen LogP contribution in [0.3, 0.4) is 0 Å². The van der Waals surface area contributed by atoms with Gasteiger partial charge in [0.2, 0.25) is 0 Å². The van der Waals surface area contributed by atoms with Gasteiger partial charge >= 0.3 is 0 Å². The predicted octanol–water partition coefficient (Wildman–Crippen LogP) is 4.37. The normalized spacial score (nSPS) is 11.4. The molecule has 3 nitrogen and oxygen atoms in total. The molecule has 1 N–H and O–H groups in total. The topological polar surface area (TPSA) is 41.8 Å². The zero-order valence-corrected chi connectivity index (χ0v) is 12.4. The van der Waals surface area contributed by atoms with Crippen LogP contribution in [-0.4, -0.2) is 10.9 Å². The molecule has 2 rings (SSSR count). The number of halogens is 2. The van der Waals surface area contributed by atoms with Crippen LogP contribution >= 0.6 is 15.9 Å². The second-order valence-electron chi connectivity index (χ2n) is 4.25. The number of hydrogen-bond donors (Lipinski definition) is 1. The first-order valence-corrected chi connectivity index (χ1v) is 6.75. The smallest absolute Gasteiger partial charge is 0.137 e. The quantitative estimate of drug-likeness (QED) is 0.511. The molecule has 104 valence electrons. The molecule has 0 aliphatic carbocycles. The lowest BCUT2D eigenvalue weighted by Gasteiger charge is -2.07. The van der Waals surface area contributed by atoms with Crippen molar-refractivity contribution in [3.63, 3.8) is 0 Å². The minimum atomic E-state index is -0.295. The van der Waals surface area contributed by atoms with Gasteiger partial charge in [-0.2, -0.15) is 0 Å². The molecule has 0 atom stereocenters. The van der Waals surface area contributed by atoms with Gasteiger partial charge in [-0.25, -0.2) is 4.39 Å². The molecule has 0 saturated heterocycles. The Labute approximate surface area is 124 Å². The van der Waals surface area contributed by atoms with Gasteiger partial charge in [-0.1, -0.05) is 11.2 Å². The van der Waals surface area contributed by atoms with Crippen molar-refractivity contribution >= 4 is 21.6 Å². The van der Waals surface area contributed by atoms with Gasteiger partial charge in [-0.15, -0.1) is 0 Å². The Morgan fingerprint density at radius 3 is 2.55 bits per heavy atom. The van der Waals surface area contributed by atoms with E-state index in [1.165, 1.54) is 6.07 Å². The van der Waals surface area contributed by atoms with Crippen LogP contribution in [0.1, 0.15) is 18.1 Å². The molecular formula is C15H13BrFNO2. The van der Waals surface area contributed by atoms with Crippen molar-refractivity contribution in [2.45, 2.75) is 13.5 Å². The molecule has 0 saturated carbocycles. The number of benzene rings is 2. The van der Waals surface area contributed by atoms with Gasteiger partial charge in [-0.3, -0.25) is 0 Å². The van der Waals surface area contributed by atoms with Gasteiger partial charge in [0.15, 0.2) is 0 Å². The Kier molecular flexibility index (Phi) is 4.74. The third-order valence-corrected chi connectivity index (χ3v) is 3.42. The molecule has 0 aliphatic heterocycles. The molecule has 0 fully saturated rings. The van der Waals surface area contributed by atoms with Crippen LogP contribution in [0.25, 0.3) is 0 Å². The molecular weight excluding hydrogens is 325 g/mol. The van der Waals surface area contributed by atoms with Crippen molar-refractivity contribution < 1.29 is 14.3 Å². The van der Waals surface area contributed by atoms with E-state index in [1.54, 1.807) is 31.2 Å². The summed E-state index contributed by atoms with van der Waals surface area (Å²) in [6.07, 6.45) is 0. The van der Waals surface area contributed by atoms with Gasteiger partial charge in [0.1, 0.15) is 18.2 Å². The third kappa shape index (κ3) is 3.57. The van der Waals surface area contributed by atoms with E-state index in [0.29, 0.717) is 22.5 Å². The molecule has 0 unspecified atom stereocenters. The van der Waals surface area contributed by atoms with Crippen molar-refractivity contribution in [3.05, 3.63) is 63.9 Å². The van der Waals surface area contributed by atoms with E-state index in [1.807, 2.05) is 12.1 Å². The summed E-state index contributed by atoms with van der Waals surface area (Å²) >= 11 is 3.14. The van der Waals surface area contributed by atoms with E-state index in [9.17, 15) is 4.39 Å². The zero-order chi connectivity index (χ0) is 14.5. The summed E-state index contributed by atoms with van der Waals surface area (Å²) < 4.78 is 19.1. The van der Waals surface area contributed by atoms with Crippen LogP contribution in [-0.2, 0) is 6.61 Å². The fourth-order valence-corrected chi connectivity index (χ4v) is 2.07. The molecule has 0 amide bonds. The predicted molar refractivity (Wildman–Crippen MR) is 78.9 cm³/mol. The van der Waals surface area contributed by atoms with E-state index >= 15 is 0 Å². The summed E-state index contributed by atoms with van der Waals surface area (Å²) in [5.74, 6) is 0.400. The summed E-state index contributed by atoms with van der Waals surface area (Å²) in [6, 6.07) is 12.0. The summed E-state index contributed by atoms with van der Waals surface area (Å²) in [4.78, 5) is 0. The number of ether oxygens (including phenoxy) is 1. The van der Waals surface area contributed by atoms with Crippen LogP contribution in [0.15, 0.2) is 52.1 Å². The van der Waals surface area contributed by atoms with E-state index in [4.69, 9.17) is 9.94 Å². The van der Waals surface area contributed by atoms with Crippen LogP contribution < -0.4 is 4.74 Å². The van der Waals surface area contributed by atoms with Crippen LogP contribution in [0.4, 0.5) is 4.39 Å². The highest BCUT2D eigenvalue weighted by Gasteiger charge is 2.02. The van der Waals surface area contributed by atoms with E-state index < -0.39 is 0 Å². The number of hydrogen-bond acceptors (Lipinski definition) is 3. The minimum absolute atomic E-state index is 0.295. The molecule has 20 heavy (non-hydrogen) atoms. The molecule has 0 spiro atoms. The zero-order valence-electron chi connectivity index (χ0n) is 10.8. The Morgan fingerprint density at radius 2 is 1.95 bits per heavy atom. The van der Waals surface area contributed by atoms with Gasteiger partial charge in [0.25, 0.3) is 0 Å². The minimum Gasteiger partial charge on any atom is -0.489 e.